The number of pyridine rings is 1. The van der Waals surface area contributed by atoms with E-state index in [0.29, 0.717) is 12.1 Å². The van der Waals surface area contributed by atoms with Crippen LogP contribution < -0.4 is 9.80 Å². The molecule has 1 fully saturated rings. The van der Waals surface area contributed by atoms with Gasteiger partial charge in [-0.05, 0) is 31.4 Å². The standard InChI is InChI=1S/C19H21N7O/c1-23-11-15(10-21-23)25-13-17-16(19(25)27)12-26(22-17)14-5-6-18(20-9-14)24-7-3-2-4-8-24/h5-6,9-12H,2-4,7-8,13H2,1H3. The molecule has 5 rings (SSSR count). The number of piperidine rings is 1. The van der Waals surface area contributed by atoms with E-state index in [0.717, 1.165) is 36.0 Å². The van der Waals surface area contributed by atoms with Crippen molar-refractivity contribution in [3.8, 4) is 5.69 Å². The number of hydrogen-bond donors (Lipinski definition) is 0. The molecule has 0 radical (unpaired) electrons. The molecular weight excluding hydrogens is 342 g/mol. The Morgan fingerprint density at radius 3 is 2.52 bits per heavy atom. The zero-order valence-electron chi connectivity index (χ0n) is 15.2. The fourth-order valence-corrected chi connectivity index (χ4v) is 3.78. The van der Waals surface area contributed by atoms with Crippen molar-refractivity contribution in [3.05, 3.63) is 48.2 Å². The highest BCUT2D eigenvalue weighted by molar-refractivity contribution is 6.09. The summed E-state index contributed by atoms with van der Waals surface area (Å²) in [5.41, 5.74) is 3.08. The molecule has 0 atom stereocenters. The Morgan fingerprint density at radius 1 is 1.00 bits per heavy atom. The first-order chi connectivity index (χ1) is 13.2. The smallest absolute Gasteiger partial charge is 0.262 e. The molecule has 5 heterocycles. The minimum Gasteiger partial charge on any atom is -0.357 e. The lowest BCUT2D eigenvalue weighted by atomic mass is 10.1. The van der Waals surface area contributed by atoms with Crippen LogP contribution in [0.25, 0.3) is 5.69 Å². The van der Waals surface area contributed by atoms with Gasteiger partial charge in [0.2, 0.25) is 0 Å². The molecule has 0 N–H and O–H groups in total. The molecule has 2 aliphatic heterocycles. The molecule has 0 bridgehead atoms. The first-order valence-corrected chi connectivity index (χ1v) is 9.29. The molecule has 0 aromatic carbocycles. The number of rotatable bonds is 3. The summed E-state index contributed by atoms with van der Waals surface area (Å²) in [5, 5.41) is 8.75. The number of fused-ring (bicyclic) bond motifs is 1. The third-order valence-corrected chi connectivity index (χ3v) is 5.25. The van der Waals surface area contributed by atoms with E-state index < -0.39 is 0 Å². The van der Waals surface area contributed by atoms with Crippen molar-refractivity contribution in [3.63, 3.8) is 0 Å². The van der Waals surface area contributed by atoms with Crippen LogP contribution in [0, 0.1) is 0 Å². The van der Waals surface area contributed by atoms with Gasteiger partial charge in [-0.2, -0.15) is 10.2 Å². The lowest BCUT2D eigenvalue weighted by molar-refractivity contribution is 0.0996. The second kappa shape index (κ2) is 6.22. The van der Waals surface area contributed by atoms with E-state index in [1.807, 2.05) is 31.6 Å². The van der Waals surface area contributed by atoms with Crippen molar-refractivity contribution in [2.24, 2.45) is 7.05 Å². The van der Waals surface area contributed by atoms with Crippen LogP contribution in [0.2, 0.25) is 0 Å². The molecular formula is C19H21N7O. The number of nitrogens with zero attached hydrogens (tertiary/aromatic N) is 7. The minimum atomic E-state index is -0.0397. The SMILES string of the molecule is Cn1cc(N2Cc3nn(-c4ccc(N5CCCCC5)nc4)cc3C2=O)cn1. The van der Waals surface area contributed by atoms with E-state index in [2.05, 4.69) is 20.1 Å². The molecule has 1 amide bonds. The largest absolute Gasteiger partial charge is 0.357 e. The summed E-state index contributed by atoms with van der Waals surface area (Å²) in [5.74, 6) is 0.971. The van der Waals surface area contributed by atoms with Gasteiger partial charge in [0.25, 0.3) is 5.91 Å². The van der Waals surface area contributed by atoms with E-state index in [-0.39, 0.29) is 5.91 Å². The number of aromatic nitrogens is 5. The molecule has 0 unspecified atom stereocenters. The molecule has 3 aromatic rings. The van der Waals surface area contributed by atoms with Crippen LogP contribution in [0.5, 0.6) is 0 Å². The number of aryl methyl sites for hydroxylation is 1. The predicted octanol–water partition coefficient (Wildman–Crippen LogP) is 2.15. The van der Waals surface area contributed by atoms with Crippen molar-refractivity contribution in [1.29, 1.82) is 0 Å². The van der Waals surface area contributed by atoms with Crippen LogP contribution in [0.4, 0.5) is 11.5 Å². The molecule has 3 aromatic heterocycles. The molecule has 27 heavy (non-hydrogen) atoms. The fourth-order valence-electron chi connectivity index (χ4n) is 3.78. The average Bonchev–Trinajstić information content (AvgIpc) is 3.39. The highest BCUT2D eigenvalue weighted by Gasteiger charge is 2.32. The fraction of sp³-hybridized carbons (Fsp3) is 0.368. The zero-order chi connectivity index (χ0) is 18.4. The maximum Gasteiger partial charge on any atom is 0.262 e. The van der Waals surface area contributed by atoms with Gasteiger partial charge in [-0.15, -0.1) is 0 Å². The van der Waals surface area contributed by atoms with E-state index in [1.165, 1.54) is 19.3 Å². The Balaban J connectivity index is 1.36. The highest BCUT2D eigenvalue weighted by atomic mass is 16.2. The van der Waals surface area contributed by atoms with Gasteiger partial charge < -0.3 is 4.90 Å². The van der Waals surface area contributed by atoms with Crippen LogP contribution in [0.15, 0.2) is 36.9 Å². The molecule has 1 saturated heterocycles. The summed E-state index contributed by atoms with van der Waals surface area (Å²) < 4.78 is 3.44. The normalized spacial score (nSPS) is 16.9. The summed E-state index contributed by atoms with van der Waals surface area (Å²) in [6.07, 6.45) is 10.9. The van der Waals surface area contributed by atoms with Crippen molar-refractivity contribution < 1.29 is 4.79 Å². The van der Waals surface area contributed by atoms with Gasteiger partial charge in [-0.3, -0.25) is 14.4 Å². The Labute approximate surface area is 157 Å². The number of carbonyl (C=O) groups excluding carboxylic acids is 1. The monoisotopic (exact) mass is 363 g/mol. The van der Waals surface area contributed by atoms with Gasteiger partial charge >= 0.3 is 0 Å². The summed E-state index contributed by atoms with van der Waals surface area (Å²) in [6, 6.07) is 4.06. The molecule has 138 valence electrons. The topological polar surface area (TPSA) is 72.1 Å². The summed E-state index contributed by atoms with van der Waals surface area (Å²) in [4.78, 5) is 21.4. The molecule has 0 aliphatic carbocycles. The van der Waals surface area contributed by atoms with Crippen LogP contribution in [-0.2, 0) is 13.6 Å². The van der Waals surface area contributed by atoms with Gasteiger partial charge in [0.15, 0.2) is 0 Å². The Hall–Kier alpha value is -3.16. The zero-order valence-corrected chi connectivity index (χ0v) is 15.2. The molecule has 8 heteroatoms. The van der Waals surface area contributed by atoms with E-state index in [9.17, 15) is 4.79 Å². The van der Waals surface area contributed by atoms with Crippen molar-refractivity contribution in [1.82, 2.24) is 24.5 Å². The second-order valence-electron chi connectivity index (χ2n) is 7.12. The lowest BCUT2D eigenvalue weighted by Gasteiger charge is -2.27. The van der Waals surface area contributed by atoms with Gasteiger partial charge in [0.1, 0.15) is 5.82 Å². The maximum atomic E-state index is 12.7. The summed E-state index contributed by atoms with van der Waals surface area (Å²) in [6.45, 7) is 2.61. The van der Waals surface area contributed by atoms with E-state index in [1.54, 1.807) is 26.7 Å². The summed E-state index contributed by atoms with van der Waals surface area (Å²) in [7, 11) is 1.84. The first-order valence-electron chi connectivity index (χ1n) is 9.29. The number of carbonyl (C=O) groups is 1. The van der Waals surface area contributed by atoms with E-state index in [4.69, 9.17) is 0 Å². The van der Waals surface area contributed by atoms with Crippen molar-refractivity contribution in [2.75, 3.05) is 22.9 Å². The third kappa shape index (κ3) is 2.77. The Morgan fingerprint density at radius 2 is 1.85 bits per heavy atom. The average molecular weight is 363 g/mol. The van der Waals surface area contributed by atoms with Crippen LogP contribution in [0.1, 0.15) is 35.3 Å². The van der Waals surface area contributed by atoms with Crippen molar-refractivity contribution >= 4 is 17.4 Å². The van der Waals surface area contributed by atoms with Gasteiger partial charge in [0.05, 0.1) is 41.6 Å². The number of anilines is 2. The van der Waals surface area contributed by atoms with Gasteiger partial charge in [-0.1, -0.05) is 0 Å². The lowest BCUT2D eigenvalue weighted by Crippen LogP contribution is -2.30. The maximum absolute atomic E-state index is 12.7. The second-order valence-corrected chi connectivity index (χ2v) is 7.12. The van der Waals surface area contributed by atoms with E-state index >= 15 is 0 Å². The molecule has 2 aliphatic rings. The third-order valence-electron chi connectivity index (χ3n) is 5.25. The van der Waals surface area contributed by atoms with Crippen LogP contribution in [-0.4, -0.2) is 43.5 Å². The van der Waals surface area contributed by atoms with Gasteiger partial charge in [0, 0.05) is 32.5 Å². The Bertz CT molecular complexity index is 982. The molecule has 0 spiro atoms. The Kier molecular flexibility index (Phi) is 3.70. The predicted molar refractivity (Wildman–Crippen MR) is 101 cm³/mol. The summed E-state index contributed by atoms with van der Waals surface area (Å²) >= 11 is 0. The molecule has 0 saturated carbocycles. The number of hydrogen-bond acceptors (Lipinski definition) is 5. The molecule has 8 nitrogen and oxygen atoms in total. The van der Waals surface area contributed by atoms with Crippen LogP contribution in [0.3, 0.4) is 0 Å². The van der Waals surface area contributed by atoms with Gasteiger partial charge in [-0.25, -0.2) is 9.67 Å². The highest BCUT2D eigenvalue weighted by Crippen LogP contribution is 2.28. The first kappa shape index (κ1) is 16.0. The van der Waals surface area contributed by atoms with Crippen molar-refractivity contribution in [2.45, 2.75) is 25.8 Å². The number of amides is 1. The quantitative estimate of drug-likeness (QED) is 0.713. The minimum absolute atomic E-state index is 0.0397. The van der Waals surface area contributed by atoms with Crippen LogP contribution >= 0.6 is 0 Å².